The first-order chi connectivity index (χ1) is 12.4. The van der Waals surface area contributed by atoms with Gasteiger partial charge in [0.2, 0.25) is 5.91 Å². The molecule has 0 saturated carbocycles. The van der Waals surface area contributed by atoms with Gasteiger partial charge in [0.05, 0.1) is 17.0 Å². The van der Waals surface area contributed by atoms with Crippen molar-refractivity contribution in [2.75, 3.05) is 26.2 Å². The van der Waals surface area contributed by atoms with Crippen molar-refractivity contribution in [3.05, 3.63) is 41.1 Å². The first kappa shape index (κ1) is 18.3. The molecule has 6 nitrogen and oxygen atoms in total. The summed E-state index contributed by atoms with van der Waals surface area (Å²) >= 11 is 0. The number of rotatable bonds is 5. The summed E-state index contributed by atoms with van der Waals surface area (Å²) in [5.74, 6) is -0.392. The fourth-order valence-corrected chi connectivity index (χ4v) is 3.57. The summed E-state index contributed by atoms with van der Waals surface area (Å²) in [4.78, 5) is 30.8. The summed E-state index contributed by atoms with van der Waals surface area (Å²) in [6.45, 7) is 6.79. The largest absolute Gasteiger partial charge is 0.369 e. The lowest BCUT2D eigenvalue weighted by Gasteiger charge is -2.31. The van der Waals surface area contributed by atoms with Crippen molar-refractivity contribution < 1.29 is 9.59 Å². The molecule has 2 aromatic rings. The molecule has 1 saturated heterocycles. The lowest BCUT2D eigenvalue weighted by atomic mass is 9.97. The number of carbonyl (C=O) groups excluding carboxylic acids is 2. The predicted octanol–water partition coefficient (Wildman–Crippen LogP) is 1.78. The topological polar surface area (TPSA) is 88.3 Å². The number of hydrogen-bond donors (Lipinski definition) is 2. The van der Waals surface area contributed by atoms with Crippen molar-refractivity contribution in [3.8, 4) is 0 Å². The van der Waals surface area contributed by atoms with Crippen molar-refractivity contribution in [3.63, 3.8) is 0 Å². The highest BCUT2D eigenvalue weighted by molar-refractivity contribution is 6.06. The minimum absolute atomic E-state index is 0.0748. The Bertz CT molecular complexity index is 834. The van der Waals surface area contributed by atoms with Gasteiger partial charge in [-0.3, -0.25) is 14.6 Å². The molecule has 2 heterocycles. The van der Waals surface area contributed by atoms with E-state index >= 15 is 0 Å². The van der Waals surface area contributed by atoms with Crippen LogP contribution in [0.1, 0.15) is 34.5 Å². The molecule has 1 fully saturated rings. The maximum absolute atomic E-state index is 12.7. The van der Waals surface area contributed by atoms with E-state index in [9.17, 15) is 9.59 Å². The second-order valence-electron chi connectivity index (χ2n) is 7.13. The monoisotopic (exact) mass is 354 g/mol. The summed E-state index contributed by atoms with van der Waals surface area (Å²) in [6, 6.07) is 7.79. The van der Waals surface area contributed by atoms with Crippen LogP contribution in [0.25, 0.3) is 10.9 Å². The summed E-state index contributed by atoms with van der Waals surface area (Å²) in [5, 5.41) is 3.88. The smallest absolute Gasteiger partial charge is 0.252 e. The third-order valence-corrected chi connectivity index (χ3v) is 4.96. The minimum Gasteiger partial charge on any atom is -0.369 e. The zero-order valence-corrected chi connectivity index (χ0v) is 15.4. The van der Waals surface area contributed by atoms with Gasteiger partial charge in [0.1, 0.15) is 0 Å². The Morgan fingerprint density at radius 3 is 2.88 bits per heavy atom. The summed E-state index contributed by atoms with van der Waals surface area (Å²) in [7, 11) is 0. The number of nitrogens with one attached hydrogen (secondary N) is 1. The Labute approximate surface area is 153 Å². The fourth-order valence-electron chi connectivity index (χ4n) is 3.57. The summed E-state index contributed by atoms with van der Waals surface area (Å²) in [5.41, 5.74) is 8.84. The maximum atomic E-state index is 12.7. The van der Waals surface area contributed by atoms with Crippen LogP contribution in [-0.2, 0) is 4.79 Å². The Balaban J connectivity index is 1.64. The number of primary amides is 1. The summed E-state index contributed by atoms with van der Waals surface area (Å²) < 4.78 is 0. The van der Waals surface area contributed by atoms with E-state index in [1.54, 1.807) is 0 Å². The van der Waals surface area contributed by atoms with E-state index in [-0.39, 0.29) is 17.7 Å². The van der Waals surface area contributed by atoms with Gasteiger partial charge in [0.15, 0.2) is 0 Å². The molecule has 1 aliphatic rings. The van der Waals surface area contributed by atoms with Crippen LogP contribution >= 0.6 is 0 Å². The van der Waals surface area contributed by atoms with Crippen LogP contribution < -0.4 is 11.1 Å². The molecule has 0 radical (unpaired) electrons. The number of nitrogens with zero attached hydrogens (tertiary/aromatic N) is 2. The lowest BCUT2D eigenvalue weighted by molar-refractivity contribution is -0.123. The molecule has 3 N–H and O–H groups in total. The number of likely N-dealkylation sites (tertiary alicyclic amines) is 1. The van der Waals surface area contributed by atoms with Crippen LogP contribution in [0.3, 0.4) is 0 Å². The van der Waals surface area contributed by atoms with Gasteiger partial charge in [-0.05, 0) is 51.4 Å². The number of piperidine rings is 1. The van der Waals surface area contributed by atoms with Gasteiger partial charge in [0, 0.05) is 30.7 Å². The van der Waals surface area contributed by atoms with Crippen molar-refractivity contribution in [2.24, 2.45) is 11.7 Å². The second kappa shape index (κ2) is 7.83. The first-order valence-electron chi connectivity index (χ1n) is 9.12. The molecule has 1 atom stereocenters. The Hall–Kier alpha value is -2.47. The van der Waals surface area contributed by atoms with Crippen molar-refractivity contribution in [1.29, 1.82) is 0 Å². The molecule has 3 rings (SSSR count). The van der Waals surface area contributed by atoms with Crippen molar-refractivity contribution in [2.45, 2.75) is 26.7 Å². The number of amides is 2. The van der Waals surface area contributed by atoms with Crippen LogP contribution in [0.4, 0.5) is 0 Å². The molecule has 138 valence electrons. The van der Waals surface area contributed by atoms with Gasteiger partial charge < -0.3 is 16.0 Å². The highest BCUT2D eigenvalue weighted by Crippen LogP contribution is 2.20. The average Bonchev–Trinajstić information content (AvgIpc) is 2.61. The third kappa shape index (κ3) is 4.19. The molecule has 1 aliphatic heterocycles. The molecule has 0 unspecified atom stereocenters. The first-order valence-corrected chi connectivity index (χ1v) is 9.12. The van der Waals surface area contributed by atoms with Gasteiger partial charge in [-0.2, -0.15) is 0 Å². The van der Waals surface area contributed by atoms with Crippen molar-refractivity contribution >= 4 is 22.7 Å². The molecule has 1 aromatic heterocycles. The number of pyridine rings is 1. The van der Waals surface area contributed by atoms with E-state index in [2.05, 4.69) is 15.2 Å². The van der Waals surface area contributed by atoms with E-state index in [4.69, 9.17) is 5.73 Å². The quantitative estimate of drug-likeness (QED) is 0.857. The number of aromatic nitrogens is 1. The van der Waals surface area contributed by atoms with Gasteiger partial charge >= 0.3 is 0 Å². The van der Waals surface area contributed by atoms with E-state index < -0.39 is 0 Å². The number of aryl methyl sites for hydroxylation is 2. The summed E-state index contributed by atoms with van der Waals surface area (Å²) in [6.07, 6.45) is 1.83. The van der Waals surface area contributed by atoms with Crippen LogP contribution in [0.2, 0.25) is 0 Å². The van der Waals surface area contributed by atoms with Gasteiger partial charge in [-0.1, -0.05) is 11.6 Å². The van der Waals surface area contributed by atoms with Crippen LogP contribution in [0, 0.1) is 19.8 Å². The van der Waals surface area contributed by atoms with Gasteiger partial charge in [0.25, 0.3) is 5.91 Å². The SMILES string of the molecule is Cc1ccc2nc(C)cc(C(=O)NCCN3CCC[C@@H](C(N)=O)C3)c2c1. The average molecular weight is 354 g/mol. The second-order valence-corrected chi connectivity index (χ2v) is 7.13. The Kier molecular flexibility index (Phi) is 5.52. The standard InChI is InChI=1S/C20H26N4O2/c1-13-5-6-18-16(10-13)17(11-14(2)23-18)20(26)22-7-9-24-8-3-4-15(12-24)19(21)25/h5-6,10-11,15H,3-4,7-9,12H2,1-2H3,(H2,21,25)(H,22,26)/t15-/m1/s1. The third-order valence-electron chi connectivity index (χ3n) is 4.96. The molecule has 0 bridgehead atoms. The zero-order chi connectivity index (χ0) is 18.7. The molecule has 26 heavy (non-hydrogen) atoms. The van der Waals surface area contributed by atoms with Crippen LogP contribution in [0.15, 0.2) is 24.3 Å². The number of fused-ring (bicyclic) bond motifs is 1. The van der Waals surface area contributed by atoms with E-state index in [1.807, 2.05) is 38.1 Å². The number of benzene rings is 1. The normalized spacial score (nSPS) is 18.0. The zero-order valence-electron chi connectivity index (χ0n) is 15.4. The van der Waals surface area contributed by atoms with E-state index in [0.29, 0.717) is 18.7 Å². The lowest BCUT2D eigenvalue weighted by Crippen LogP contribution is -2.44. The minimum atomic E-state index is -0.229. The molecule has 0 spiro atoms. The number of carbonyl (C=O) groups is 2. The molecule has 1 aromatic carbocycles. The molecule has 0 aliphatic carbocycles. The maximum Gasteiger partial charge on any atom is 0.252 e. The molecular weight excluding hydrogens is 328 g/mol. The Morgan fingerprint density at radius 2 is 2.12 bits per heavy atom. The van der Waals surface area contributed by atoms with Crippen molar-refractivity contribution in [1.82, 2.24) is 15.2 Å². The van der Waals surface area contributed by atoms with E-state index in [0.717, 1.165) is 48.1 Å². The highest BCUT2D eigenvalue weighted by Gasteiger charge is 2.23. The van der Waals surface area contributed by atoms with Gasteiger partial charge in [-0.25, -0.2) is 0 Å². The predicted molar refractivity (Wildman–Crippen MR) is 102 cm³/mol. The highest BCUT2D eigenvalue weighted by atomic mass is 16.2. The number of nitrogens with two attached hydrogens (primary N) is 1. The van der Waals surface area contributed by atoms with Gasteiger partial charge in [-0.15, -0.1) is 0 Å². The number of hydrogen-bond acceptors (Lipinski definition) is 4. The molecular formula is C20H26N4O2. The fraction of sp³-hybridized carbons (Fsp3) is 0.450. The molecule has 2 amide bonds. The molecule has 6 heteroatoms. The Morgan fingerprint density at radius 1 is 1.31 bits per heavy atom. The van der Waals surface area contributed by atoms with E-state index in [1.165, 1.54) is 0 Å². The van der Waals surface area contributed by atoms with Crippen LogP contribution in [0.5, 0.6) is 0 Å². The van der Waals surface area contributed by atoms with Crippen LogP contribution in [-0.4, -0.2) is 47.9 Å².